The first-order valence-electron chi connectivity index (χ1n) is 6.59. The first kappa shape index (κ1) is 12.1. The number of anilines is 1. The largest absolute Gasteiger partial charge is 0.357 e. The van der Waals surface area contributed by atoms with Gasteiger partial charge in [-0.2, -0.15) is 4.98 Å². The number of aliphatic imine (C=N–C) groups is 1. The minimum Gasteiger partial charge on any atom is -0.357 e. The molecule has 6 heteroatoms. The summed E-state index contributed by atoms with van der Waals surface area (Å²) in [6.07, 6.45) is 9.02. The van der Waals surface area contributed by atoms with E-state index in [4.69, 9.17) is 4.99 Å². The van der Waals surface area contributed by atoms with Gasteiger partial charge in [-0.15, -0.1) is 0 Å². The van der Waals surface area contributed by atoms with Gasteiger partial charge in [-0.05, 0) is 12.8 Å². The predicted octanol–water partition coefficient (Wildman–Crippen LogP) is 0.859. The minimum atomic E-state index is -0.271. The summed E-state index contributed by atoms with van der Waals surface area (Å²) in [6, 6.07) is 0.182. The fourth-order valence-corrected chi connectivity index (χ4v) is 2.72. The highest BCUT2D eigenvalue weighted by Gasteiger charge is 2.28. The van der Waals surface area contributed by atoms with Gasteiger partial charge < -0.3 is 5.32 Å². The summed E-state index contributed by atoms with van der Waals surface area (Å²) in [7, 11) is 1.69. The normalized spacial score (nSPS) is 25.0. The molecule has 2 atom stereocenters. The van der Waals surface area contributed by atoms with E-state index in [0.717, 1.165) is 19.3 Å². The molecule has 19 heavy (non-hydrogen) atoms. The minimum absolute atomic E-state index is 0.182. The molecular formula is C13H17N5O. The van der Waals surface area contributed by atoms with Crippen LogP contribution in [0.4, 0.5) is 5.95 Å². The zero-order valence-corrected chi connectivity index (χ0v) is 10.9. The van der Waals surface area contributed by atoms with Crippen LogP contribution in [-0.2, 0) is 6.54 Å². The van der Waals surface area contributed by atoms with Gasteiger partial charge in [-0.25, -0.2) is 9.78 Å². The van der Waals surface area contributed by atoms with Gasteiger partial charge in [0.25, 0.3) is 0 Å². The number of rotatable bonds is 3. The van der Waals surface area contributed by atoms with Crippen molar-refractivity contribution in [3.8, 4) is 0 Å². The van der Waals surface area contributed by atoms with Gasteiger partial charge in [0, 0.05) is 25.1 Å². The van der Waals surface area contributed by atoms with Crippen molar-refractivity contribution >= 4 is 11.7 Å². The Labute approximate surface area is 111 Å². The summed E-state index contributed by atoms with van der Waals surface area (Å²) in [5.41, 5.74) is 1.01. The monoisotopic (exact) mass is 259 g/mol. The van der Waals surface area contributed by atoms with Crippen LogP contribution in [0.1, 0.15) is 19.3 Å². The van der Waals surface area contributed by atoms with E-state index >= 15 is 0 Å². The maximum Gasteiger partial charge on any atom is 0.352 e. The molecule has 0 saturated carbocycles. The summed E-state index contributed by atoms with van der Waals surface area (Å²) in [5.74, 6) is 0.931. The maximum atomic E-state index is 11.8. The zero-order chi connectivity index (χ0) is 13.2. The van der Waals surface area contributed by atoms with Crippen molar-refractivity contribution in [3.05, 3.63) is 29.0 Å². The molecule has 3 rings (SSSR count). The smallest absolute Gasteiger partial charge is 0.352 e. The number of hydrogen-bond acceptors (Lipinski definition) is 5. The van der Waals surface area contributed by atoms with Crippen molar-refractivity contribution in [2.75, 3.05) is 12.4 Å². The average molecular weight is 259 g/mol. The number of nitrogens with one attached hydrogen (secondary N) is 1. The second-order valence-electron chi connectivity index (χ2n) is 4.98. The Bertz CT molecular complexity index is 589. The quantitative estimate of drug-likeness (QED) is 0.817. The standard InChI is InChI=1S/C13H17N5O/c1-14-12-15-8-18(13(19)17-12)7-10-6-9-4-2-3-5-11(9)16-10/h2-3,8-10H,4-7H2,1H3,(H,14,17,19). The van der Waals surface area contributed by atoms with E-state index in [1.165, 1.54) is 5.71 Å². The Balaban J connectivity index is 1.73. The van der Waals surface area contributed by atoms with Crippen LogP contribution in [0.3, 0.4) is 0 Å². The topological polar surface area (TPSA) is 72.2 Å². The Morgan fingerprint density at radius 3 is 3.11 bits per heavy atom. The molecule has 0 radical (unpaired) electrons. The van der Waals surface area contributed by atoms with Gasteiger partial charge in [-0.1, -0.05) is 12.2 Å². The maximum absolute atomic E-state index is 11.8. The van der Waals surface area contributed by atoms with Crippen molar-refractivity contribution in [2.24, 2.45) is 10.9 Å². The molecule has 0 aromatic carbocycles. The van der Waals surface area contributed by atoms with Gasteiger partial charge in [0.2, 0.25) is 5.95 Å². The lowest BCUT2D eigenvalue weighted by molar-refractivity contribution is 0.487. The number of fused-ring (bicyclic) bond motifs is 1. The molecule has 0 amide bonds. The van der Waals surface area contributed by atoms with E-state index in [0.29, 0.717) is 18.4 Å². The second kappa shape index (κ2) is 4.95. The van der Waals surface area contributed by atoms with Gasteiger partial charge in [0.15, 0.2) is 0 Å². The fourth-order valence-electron chi connectivity index (χ4n) is 2.72. The van der Waals surface area contributed by atoms with E-state index in [9.17, 15) is 4.79 Å². The molecular weight excluding hydrogens is 242 g/mol. The van der Waals surface area contributed by atoms with E-state index in [1.807, 2.05) is 0 Å². The van der Waals surface area contributed by atoms with Gasteiger partial charge >= 0.3 is 5.69 Å². The summed E-state index contributed by atoms with van der Waals surface area (Å²) in [5, 5.41) is 2.76. The molecule has 2 aliphatic rings. The lowest BCUT2D eigenvalue weighted by Gasteiger charge is -2.13. The number of hydrogen-bond donors (Lipinski definition) is 1. The predicted molar refractivity (Wildman–Crippen MR) is 73.5 cm³/mol. The molecule has 0 spiro atoms. The molecule has 0 saturated heterocycles. The summed E-state index contributed by atoms with van der Waals surface area (Å²) in [4.78, 5) is 24.5. The van der Waals surface area contributed by atoms with Crippen LogP contribution in [0.25, 0.3) is 0 Å². The van der Waals surface area contributed by atoms with Crippen LogP contribution in [0.15, 0.2) is 28.3 Å². The summed E-state index contributed by atoms with van der Waals surface area (Å²) < 4.78 is 1.54. The van der Waals surface area contributed by atoms with Gasteiger partial charge in [-0.3, -0.25) is 9.56 Å². The lowest BCUT2D eigenvalue weighted by Crippen LogP contribution is -2.28. The first-order chi connectivity index (χ1) is 9.26. The summed E-state index contributed by atoms with van der Waals surface area (Å²) >= 11 is 0. The molecule has 0 fully saturated rings. The lowest BCUT2D eigenvalue weighted by atomic mass is 9.90. The van der Waals surface area contributed by atoms with Crippen molar-refractivity contribution in [1.29, 1.82) is 0 Å². The Morgan fingerprint density at radius 1 is 1.47 bits per heavy atom. The SMILES string of the molecule is CNc1ncn(CC2CC3CC=CCC3=N2)c(=O)n1. The van der Waals surface area contributed by atoms with E-state index in [2.05, 4.69) is 27.4 Å². The van der Waals surface area contributed by atoms with Crippen LogP contribution in [0, 0.1) is 5.92 Å². The molecule has 0 bridgehead atoms. The second-order valence-corrected chi connectivity index (χ2v) is 4.98. The Morgan fingerprint density at radius 2 is 2.37 bits per heavy atom. The molecule has 1 aliphatic heterocycles. The fraction of sp³-hybridized carbons (Fsp3) is 0.538. The van der Waals surface area contributed by atoms with Crippen molar-refractivity contribution in [3.63, 3.8) is 0 Å². The van der Waals surface area contributed by atoms with Crippen LogP contribution in [0.2, 0.25) is 0 Å². The van der Waals surface area contributed by atoms with Crippen LogP contribution >= 0.6 is 0 Å². The van der Waals surface area contributed by atoms with E-state index in [1.54, 1.807) is 17.9 Å². The third-order valence-electron chi connectivity index (χ3n) is 3.69. The van der Waals surface area contributed by atoms with Gasteiger partial charge in [0.05, 0.1) is 12.6 Å². The van der Waals surface area contributed by atoms with Gasteiger partial charge in [0.1, 0.15) is 6.33 Å². The van der Waals surface area contributed by atoms with Crippen molar-refractivity contribution in [2.45, 2.75) is 31.8 Å². The Kier molecular flexibility index (Phi) is 3.15. The highest BCUT2D eigenvalue weighted by atomic mass is 16.1. The van der Waals surface area contributed by atoms with Crippen LogP contribution in [-0.4, -0.2) is 33.3 Å². The van der Waals surface area contributed by atoms with Crippen molar-refractivity contribution < 1.29 is 0 Å². The van der Waals surface area contributed by atoms with Crippen LogP contribution < -0.4 is 11.0 Å². The molecule has 1 aliphatic carbocycles. The molecule has 1 aromatic heterocycles. The molecule has 2 heterocycles. The van der Waals surface area contributed by atoms with E-state index < -0.39 is 0 Å². The number of allylic oxidation sites excluding steroid dienone is 2. The first-order valence-corrected chi connectivity index (χ1v) is 6.59. The molecule has 2 unspecified atom stereocenters. The number of aromatic nitrogens is 3. The molecule has 1 N–H and O–H groups in total. The third-order valence-corrected chi connectivity index (χ3v) is 3.69. The zero-order valence-electron chi connectivity index (χ0n) is 10.9. The highest BCUT2D eigenvalue weighted by molar-refractivity contribution is 5.90. The summed E-state index contributed by atoms with van der Waals surface area (Å²) in [6.45, 7) is 0.572. The molecule has 6 nitrogen and oxygen atoms in total. The Hall–Kier alpha value is -1.98. The molecule has 100 valence electrons. The van der Waals surface area contributed by atoms with E-state index in [-0.39, 0.29) is 11.7 Å². The third kappa shape index (κ3) is 2.43. The average Bonchev–Trinajstić information content (AvgIpc) is 2.83. The molecule has 1 aromatic rings. The van der Waals surface area contributed by atoms with Crippen LogP contribution in [0.5, 0.6) is 0 Å². The van der Waals surface area contributed by atoms with Crippen molar-refractivity contribution in [1.82, 2.24) is 14.5 Å². The number of nitrogens with zero attached hydrogens (tertiary/aromatic N) is 4. The highest BCUT2D eigenvalue weighted by Crippen LogP contribution is 2.29.